The van der Waals surface area contributed by atoms with Crippen molar-refractivity contribution in [3.8, 4) is 17.2 Å². The number of alkyl halides is 3. The first-order chi connectivity index (χ1) is 18.5. The summed E-state index contributed by atoms with van der Waals surface area (Å²) in [5.41, 5.74) is -5.69. The van der Waals surface area contributed by atoms with E-state index in [0.717, 1.165) is 12.3 Å². The molecule has 0 fully saturated rings. The maximum Gasteiger partial charge on any atom is 0.422 e. The third-order valence-corrected chi connectivity index (χ3v) is 8.20. The number of carbonyl (C=O) groups excluding carboxylic acids is 1. The summed E-state index contributed by atoms with van der Waals surface area (Å²) in [5, 5.41) is 19.5. The molecule has 3 rings (SSSR count). The highest BCUT2D eigenvalue weighted by molar-refractivity contribution is 7.84. The Kier molecular flexibility index (Phi) is 9.41. The van der Waals surface area contributed by atoms with E-state index in [2.05, 4.69) is 14.7 Å². The van der Waals surface area contributed by atoms with E-state index >= 15 is 0 Å². The first-order valence-corrected chi connectivity index (χ1v) is 13.6. The van der Waals surface area contributed by atoms with Crippen molar-refractivity contribution in [3.05, 3.63) is 40.4 Å². The number of hydrogen-bond donors (Lipinski definition) is 3. The number of nitrogens with one attached hydrogen (secondary N) is 1. The van der Waals surface area contributed by atoms with Gasteiger partial charge in [0.2, 0.25) is 5.60 Å². The van der Waals surface area contributed by atoms with Gasteiger partial charge >= 0.3 is 6.18 Å². The normalized spacial score (nSPS) is 19.4. The third kappa shape index (κ3) is 6.51. The Hall–Kier alpha value is -2.52. The second kappa shape index (κ2) is 11.8. The quantitative estimate of drug-likeness (QED) is 0.258. The smallest absolute Gasteiger partial charge is 0.422 e. The van der Waals surface area contributed by atoms with Crippen LogP contribution in [0.25, 0.3) is 0 Å². The third-order valence-electron chi connectivity index (χ3n) is 6.20. The van der Waals surface area contributed by atoms with Gasteiger partial charge in [0.25, 0.3) is 0 Å². The van der Waals surface area contributed by atoms with Crippen LogP contribution < -0.4 is 18.9 Å². The van der Waals surface area contributed by atoms with Gasteiger partial charge in [-0.15, -0.1) is 0 Å². The van der Waals surface area contributed by atoms with Crippen LogP contribution in [0.1, 0.15) is 62.3 Å². The van der Waals surface area contributed by atoms with Gasteiger partial charge in [0.05, 0.1) is 46.9 Å². The van der Waals surface area contributed by atoms with Crippen molar-refractivity contribution in [2.45, 2.75) is 62.6 Å². The van der Waals surface area contributed by atoms with Gasteiger partial charge in [-0.05, 0) is 40.2 Å². The molecule has 1 unspecified atom stereocenters. The maximum absolute atomic E-state index is 14.4. The highest BCUT2D eigenvalue weighted by Gasteiger charge is 2.57. The summed E-state index contributed by atoms with van der Waals surface area (Å²) in [6, 6.07) is 2.20. The summed E-state index contributed by atoms with van der Waals surface area (Å²) in [5.74, 6) is -0.586. The fraction of sp³-hybridized carbons (Fsp3) is 0.560. The second-order valence-corrected chi connectivity index (χ2v) is 12.7. The predicted octanol–water partition coefficient (Wildman–Crippen LogP) is 3.58. The molecule has 2 aromatic heterocycles. The zero-order valence-electron chi connectivity index (χ0n) is 22.5. The lowest BCUT2D eigenvalue weighted by atomic mass is 9.87. The number of aromatic nitrogens is 2. The van der Waals surface area contributed by atoms with Crippen LogP contribution in [0.15, 0.2) is 18.3 Å². The van der Waals surface area contributed by atoms with E-state index in [9.17, 15) is 27.3 Å². The van der Waals surface area contributed by atoms with Crippen LogP contribution in [-0.2, 0) is 22.1 Å². The molecule has 0 spiro atoms. The summed E-state index contributed by atoms with van der Waals surface area (Å²) in [4.78, 5) is 20.5. The van der Waals surface area contributed by atoms with E-state index < -0.39 is 62.5 Å². The summed E-state index contributed by atoms with van der Waals surface area (Å²) in [6.45, 7) is 6.32. The summed E-state index contributed by atoms with van der Waals surface area (Å²) < 4.78 is 74.0. The molecule has 3 N–H and O–H groups in total. The number of hydrogen-bond acceptors (Lipinski definition) is 9. The lowest BCUT2D eigenvalue weighted by Crippen LogP contribution is -2.47. The minimum absolute atomic E-state index is 0.00623. The zero-order chi connectivity index (χ0) is 30.1. The van der Waals surface area contributed by atoms with Gasteiger partial charge in [-0.1, -0.05) is 11.6 Å². The Labute approximate surface area is 236 Å². The van der Waals surface area contributed by atoms with Crippen molar-refractivity contribution in [2.24, 2.45) is 0 Å². The van der Waals surface area contributed by atoms with E-state index in [0.29, 0.717) is 0 Å². The molecule has 0 amide bonds. The molecule has 40 heavy (non-hydrogen) atoms. The average Bonchev–Trinajstić information content (AvgIpc) is 3.20. The van der Waals surface area contributed by atoms with Gasteiger partial charge in [0.15, 0.2) is 28.2 Å². The van der Waals surface area contributed by atoms with E-state index in [-0.39, 0.29) is 48.3 Å². The van der Waals surface area contributed by atoms with Crippen LogP contribution in [0.5, 0.6) is 17.2 Å². The molecule has 0 bridgehead atoms. The fourth-order valence-electron chi connectivity index (χ4n) is 3.84. The van der Waals surface area contributed by atoms with Crippen LogP contribution in [0, 0.1) is 0 Å². The summed E-state index contributed by atoms with van der Waals surface area (Å²) >= 11 is 6.19. The molecule has 0 radical (unpaired) electrons. The Balaban J connectivity index is 1.94. The molecule has 2 aromatic rings. The highest BCUT2D eigenvalue weighted by atomic mass is 35.5. The molecule has 0 saturated heterocycles. The van der Waals surface area contributed by atoms with Crippen molar-refractivity contribution in [3.63, 3.8) is 0 Å². The minimum atomic E-state index is -5.25. The number of Topliss-reactive ketones (excluding diaryl/α,β-unsaturated/α-hetero) is 1. The topological polar surface area (TPSA) is 140 Å². The number of ether oxygens (including phenoxy) is 3. The Morgan fingerprint density at radius 1 is 1.27 bits per heavy atom. The minimum Gasteiger partial charge on any atom is -0.493 e. The van der Waals surface area contributed by atoms with Gasteiger partial charge in [-0.25, -0.2) is 18.9 Å². The monoisotopic (exact) mass is 609 g/mol. The van der Waals surface area contributed by atoms with Crippen molar-refractivity contribution >= 4 is 28.4 Å². The summed E-state index contributed by atoms with van der Waals surface area (Å²) in [6.07, 6.45) is -5.96. The summed E-state index contributed by atoms with van der Waals surface area (Å²) in [7, 11) is -0.328. The van der Waals surface area contributed by atoms with Gasteiger partial charge in [0, 0.05) is 18.1 Å². The zero-order valence-corrected chi connectivity index (χ0v) is 24.1. The largest absolute Gasteiger partial charge is 0.493 e. The van der Waals surface area contributed by atoms with Crippen LogP contribution >= 0.6 is 11.6 Å². The van der Waals surface area contributed by atoms with Crippen molar-refractivity contribution in [1.82, 2.24) is 14.7 Å². The van der Waals surface area contributed by atoms with E-state index in [4.69, 9.17) is 30.9 Å². The van der Waals surface area contributed by atoms with Crippen LogP contribution in [0.2, 0.25) is 5.15 Å². The molecule has 10 nitrogen and oxygen atoms in total. The van der Waals surface area contributed by atoms with Gasteiger partial charge < -0.3 is 24.4 Å². The van der Waals surface area contributed by atoms with Crippen molar-refractivity contribution in [2.75, 3.05) is 26.9 Å². The van der Waals surface area contributed by atoms with E-state index in [1.54, 1.807) is 27.7 Å². The molecule has 1 aliphatic rings. The van der Waals surface area contributed by atoms with Gasteiger partial charge in [-0.3, -0.25) is 4.79 Å². The number of aliphatic hydroxyl groups is 2. The highest BCUT2D eigenvalue weighted by Crippen LogP contribution is 2.47. The number of aliphatic hydroxyl groups excluding tert-OH is 1. The molecule has 1 aliphatic heterocycles. The van der Waals surface area contributed by atoms with E-state index in [1.165, 1.54) is 13.2 Å². The number of fused-ring (bicyclic) bond motifs is 1. The molecule has 222 valence electrons. The van der Waals surface area contributed by atoms with Gasteiger partial charge in [-0.2, -0.15) is 13.2 Å². The number of methoxy groups -OCH3 is 1. The van der Waals surface area contributed by atoms with Crippen molar-refractivity contribution in [1.29, 1.82) is 0 Å². The molecule has 0 saturated carbocycles. The standard InChI is InChI=1S/C25H31ClF3N3O7S/c1-22(2,3)40(36)32-23(4)13-39-20-14(23)10-19(31-21(20)26)24(35,25(27,28)29)7-6-16(34)15-11-17(37-5)18(12-30-15)38-9-8-33/h10-12,32-33,35H,6-9,13H2,1-5H3/t23-,24-,40?/m1/s1. The van der Waals surface area contributed by atoms with E-state index in [1.807, 2.05) is 0 Å². The Bertz CT molecular complexity index is 1290. The number of nitrogens with zero attached hydrogens (tertiary/aromatic N) is 2. The van der Waals surface area contributed by atoms with Crippen LogP contribution in [0.4, 0.5) is 13.2 Å². The van der Waals surface area contributed by atoms with Crippen molar-refractivity contribution < 1.29 is 46.6 Å². The number of ketones is 1. The fourth-order valence-corrected chi connectivity index (χ4v) is 4.97. The molecule has 3 atom stereocenters. The molecule has 3 heterocycles. The molecular formula is C25H31ClF3N3O7S. The average molecular weight is 610 g/mol. The molecule has 15 heteroatoms. The lowest BCUT2D eigenvalue weighted by molar-refractivity contribution is -0.270. The molecular weight excluding hydrogens is 579 g/mol. The molecule has 0 aliphatic carbocycles. The number of halogens is 4. The number of carbonyl (C=O) groups is 1. The Morgan fingerprint density at radius 3 is 2.52 bits per heavy atom. The SMILES string of the molecule is COc1cc(C(=O)CC[C@@](O)(c2cc3c(c(Cl)n2)OC[C@@]3(C)NS(=O)C(C)(C)C)C(F)(F)F)ncc1OCCO. The maximum atomic E-state index is 14.4. The second-order valence-electron chi connectivity index (χ2n) is 10.4. The number of pyridine rings is 2. The Morgan fingerprint density at radius 2 is 1.95 bits per heavy atom. The van der Waals surface area contributed by atoms with Crippen LogP contribution in [-0.4, -0.2) is 68.0 Å². The van der Waals surface area contributed by atoms with Gasteiger partial charge in [0.1, 0.15) is 18.9 Å². The number of rotatable bonds is 11. The first-order valence-electron chi connectivity index (χ1n) is 12.1. The molecule has 0 aromatic carbocycles. The van der Waals surface area contributed by atoms with Crippen LogP contribution in [0.3, 0.4) is 0 Å². The first kappa shape index (κ1) is 32.0. The predicted molar refractivity (Wildman–Crippen MR) is 140 cm³/mol. The lowest BCUT2D eigenvalue weighted by Gasteiger charge is -2.32.